The summed E-state index contributed by atoms with van der Waals surface area (Å²) < 4.78 is 5.43. The van der Waals surface area contributed by atoms with E-state index in [9.17, 15) is 4.79 Å². The summed E-state index contributed by atoms with van der Waals surface area (Å²) in [7, 11) is 0. The Morgan fingerprint density at radius 3 is 3.20 bits per heavy atom. The number of benzene rings is 1. The quantitative estimate of drug-likeness (QED) is 0.701. The zero-order chi connectivity index (χ0) is 10.7. The van der Waals surface area contributed by atoms with Crippen LogP contribution in [0.4, 0.5) is 5.69 Å². The molecule has 0 bridgehead atoms. The van der Waals surface area contributed by atoms with Gasteiger partial charge in [-0.05, 0) is 36.6 Å². The number of ether oxygens (including phenoxy) is 1. The van der Waals surface area contributed by atoms with Gasteiger partial charge in [0.25, 0.3) is 0 Å². The number of carbonyl (C=O) groups is 1. The van der Waals surface area contributed by atoms with Gasteiger partial charge in [0.1, 0.15) is 5.75 Å². The first-order valence-corrected chi connectivity index (χ1v) is 4.76. The summed E-state index contributed by atoms with van der Waals surface area (Å²) in [5.41, 5.74) is 1.72. The number of aryl methyl sites for hydroxylation is 1. The third kappa shape index (κ3) is 2.08. The second kappa shape index (κ2) is 4.01. The Morgan fingerprint density at radius 2 is 2.40 bits per heavy atom. The van der Waals surface area contributed by atoms with Gasteiger partial charge < -0.3 is 10.1 Å². The predicted molar refractivity (Wildman–Crippen MR) is 54.5 cm³/mol. The summed E-state index contributed by atoms with van der Waals surface area (Å²) in [4.78, 5) is 10.8. The molecule has 0 atom stereocenters. The molecule has 76 valence electrons. The van der Waals surface area contributed by atoms with Crippen molar-refractivity contribution >= 4 is 11.6 Å². The molecule has 1 amide bonds. The van der Waals surface area contributed by atoms with Crippen LogP contribution in [0.15, 0.2) is 18.2 Å². The molecule has 4 nitrogen and oxygen atoms in total. The average Bonchev–Trinajstić information content (AvgIpc) is 2.29. The highest BCUT2D eigenvalue weighted by molar-refractivity contribution is 6.02. The van der Waals surface area contributed by atoms with E-state index in [4.69, 9.17) is 10.00 Å². The molecule has 15 heavy (non-hydrogen) atoms. The van der Waals surface area contributed by atoms with Crippen LogP contribution < -0.4 is 10.1 Å². The zero-order valence-corrected chi connectivity index (χ0v) is 8.12. The third-order valence-corrected chi connectivity index (χ3v) is 2.27. The van der Waals surface area contributed by atoms with Crippen LogP contribution in [0.1, 0.15) is 12.0 Å². The number of nitrogens with one attached hydrogen (secondary N) is 1. The molecule has 0 saturated carbocycles. The van der Waals surface area contributed by atoms with Gasteiger partial charge in [0.15, 0.2) is 6.07 Å². The Hall–Kier alpha value is -2.02. The van der Waals surface area contributed by atoms with Crippen molar-refractivity contribution in [2.75, 3.05) is 11.9 Å². The monoisotopic (exact) mass is 202 g/mol. The minimum atomic E-state index is -0.647. The minimum Gasteiger partial charge on any atom is -0.493 e. The van der Waals surface area contributed by atoms with E-state index in [1.54, 1.807) is 6.07 Å². The normalized spacial score (nSPS) is 13.3. The Bertz CT molecular complexity index is 435. The number of carbonyl (C=O) groups excluding carboxylic acids is 1. The Labute approximate surface area is 87.5 Å². The fourth-order valence-electron chi connectivity index (χ4n) is 1.60. The van der Waals surface area contributed by atoms with Crippen molar-refractivity contribution < 1.29 is 9.53 Å². The maximum atomic E-state index is 10.8. The van der Waals surface area contributed by atoms with Crippen LogP contribution in [0.2, 0.25) is 0 Å². The number of anilines is 1. The van der Waals surface area contributed by atoms with Crippen molar-refractivity contribution in [3.8, 4) is 11.8 Å². The van der Waals surface area contributed by atoms with Crippen LogP contribution in [0, 0.1) is 11.3 Å². The Balaban J connectivity index is 2.21. The van der Waals surface area contributed by atoms with Crippen molar-refractivity contribution in [2.24, 2.45) is 0 Å². The summed E-state index contributed by atoms with van der Waals surface area (Å²) in [6.45, 7) is 0.747. The van der Waals surface area contributed by atoms with Gasteiger partial charge in [-0.2, -0.15) is 5.26 Å². The number of nitriles is 1. The number of hydrogen-bond donors (Lipinski definition) is 1. The maximum absolute atomic E-state index is 10.8. The molecule has 1 aromatic rings. The standard InChI is InChI=1S/C11H10N2O2/c12-7-11(14)13-9-3-4-10-8(6-9)2-1-5-15-10/h3-4,6H,1-2,5H2,(H,13,14). The first-order chi connectivity index (χ1) is 7.29. The summed E-state index contributed by atoms with van der Waals surface area (Å²) in [5, 5.41) is 10.8. The van der Waals surface area contributed by atoms with Crippen LogP contribution >= 0.6 is 0 Å². The van der Waals surface area contributed by atoms with E-state index >= 15 is 0 Å². The topological polar surface area (TPSA) is 62.1 Å². The van der Waals surface area contributed by atoms with Gasteiger partial charge in [-0.1, -0.05) is 0 Å². The van der Waals surface area contributed by atoms with Crippen molar-refractivity contribution in [1.82, 2.24) is 0 Å². The fourth-order valence-corrected chi connectivity index (χ4v) is 1.60. The van der Waals surface area contributed by atoms with Crippen molar-refractivity contribution in [3.63, 3.8) is 0 Å². The van der Waals surface area contributed by atoms with E-state index in [0.717, 1.165) is 30.8 Å². The lowest BCUT2D eigenvalue weighted by Gasteiger charge is -2.17. The Morgan fingerprint density at radius 1 is 1.53 bits per heavy atom. The van der Waals surface area contributed by atoms with Crippen LogP contribution in [0.3, 0.4) is 0 Å². The largest absolute Gasteiger partial charge is 0.493 e. The molecule has 2 rings (SSSR count). The molecule has 4 heteroatoms. The minimum absolute atomic E-state index is 0.644. The summed E-state index contributed by atoms with van der Waals surface area (Å²) in [6, 6.07) is 6.92. The number of nitrogens with zero attached hydrogens (tertiary/aromatic N) is 1. The molecule has 0 fully saturated rings. The average molecular weight is 202 g/mol. The van der Waals surface area contributed by atoms with Gasteiger partial charge in [-0.3, -0.25) is 4.79 Å². The fraction of sp³-hybridized carbons (Fsp3) is 0.273. The summed E-state index contributed by atoms with van der Waals surface area (Å²) in [5.74, 6) is 0.225. The van der Waals surface area contributed by atoms with Gasteiger partial charge in [0.2, 0.25) is 0 Å². The van der Waals surface area contributed by atoms with Crippen molar-refractivity contribution in [2.45, 2.75) is 12.8 Å². The van der Waals surface area contributed by atoms with Crippen LogP contribution in [0.25, 0.3) is 0 Å². The number of rotatable bonds is 1. The second-order valence-corrected chi connectivity index (χ2v) is 3.34. The lowest BCUT2D eigenvalue weighted by Crippen LogP contribution is -2.11. The number of hydrogen-bond acceptors (Lipinski definition) is 3. The van der Waals surface area contributed by atoms with Crippen LogP contribution in [0.5, 0.6) is 5.75 Å². The van der Waals surface area contributed by atoms with Gasteiger partial charge in [0.05, 0.1) is 6.61 Å². The van der Waals surface area contributed by atoms with Gasteiger partial charge in [0, 0.05) is 5.69 Å². The first-order valence-electron chi connectivity index (χ1n) is 4.76. The molecule has 0 unspecified atom stereocenters. The Kier molecular flexibility index (Phi) is 2.55. The smallest absolute Gasteiger partial charge is 0.326 e. The molecule has 0 aromatic heterocycles. The second-order valence-electron chi connectivity index (χ2n) is 3.34. The predicted octanol–water partition coefficient (Wildman–Crippen LogP) is 1.47. The lowest BCUT2D eigenvalue weighted by molar-refractivity contribution is -0.111. The molecular formula is C11H10N2O2. The van der Waals surface area contributed by atoms with Gasteiger partial charge in [-0.25, -0.2) is 0 Å². The molecule has 0 saturated heterocycles. The summed E-state index contributed by atoms with van der Waals surface area (Å²) >= 11 is 0. The van der Waals surface area contributed by atoms with E-state index in [2.05, 4.69) is 5.32 Å². The SMILES string of the molecule is N#CC(=O)Nc1ccc2c(c1)CCCO2. The molecule has 0 aliphatic carbocycles. The van der Waals surface area contributed by atoms with E-state index < -0.39 is 5.91 Å². The zero-order valence-electron chi connectivity index (χ0n) is 8.12. The molecular weight excluding hydrogens is 192 g/mol. The highest BCUT2D eigenvalue weighted by Crippen LogP contribution is 2.27. The van der Waals surface area contributed by atoms with Gasteiger partial charge >= 0.3 is 5.91 Å². The van der Waals surface area contributed by atoms with Crippen LogP contribution in [-0.4, -0.2) is 12.5 Å². The third-order valence-electron chi connectivity index (χ3n) is 2.27. The van der Waals surface area contributed by atoms with Crippen LogP contribution in [-0.2, 0) is 11.2 Å². The van der Waals surface area contributed by atoms with E-state index in [1.807, 2.05) is 12.1 Å². The molecule has 1 aliphatic heterocycles. The molecule has 1 aromatic carbocycles. The summed E-state index contributed by atoms with van der Waals surface area (Å²) in [6.07, 6.45) is 1.94. The highest BCUT2D eigenvalue weighted by Gasteiger charge is 2.11. The molecule has 1 aliphatic rings. The van der Waals surface area contributed by atoms with Crippen molar-refractivity contribution in [1.29, 1.82) is 5.26 Å². The highest BCUT2D eigenvalue weighted by atomic mass is 16.5. The number of amides is 1. The molecule has 1 heterocycles. The van der Waals surface area contributed by atoms with E-state index in [-0.39, 0.29) is 0 Å². The van der Waals surface area contributed by atoms with Crippen molar-refractivity contribution in [3.05, 3.63) is 23.8 Å². The van der Waals surface area contributed by atoms with E-state index in [0.29, 0.717) is 5.69 Å². The molecule has 0 radical (unpaired) electrons. The maximum Gasteiger partial charge on any atom is 0.326 e. The van der Waals surface area contributed by atoms with E-state index in [1.165, 1.54) is 6.07 Å². The molecule has 0 spiro atoms. The van der Waals surface area contributed by atoms with Gasteiger partial charge in [-0.15, -0.1) is 0 Å². The first kappa shape index (κ1) is 9.53. The molecule has 1 N–H and O–H groups in total. The number of fused-ring (bicyclic) bond motifs is 1. The lowest BCUT2D eigenvalue weighted by atomic mass is 10.1.